The van der Waals surface area contributed by atoms with Gasteiger partial charge in [0.15, 0.2) is 0 Å². The molecule has 0 heterocycles. The number of benzene rings is 1. The molecule has 20 heavy (non-hydrogen) atoms. The third-order valence-electron chi connectivity index (χ3n) is 2.87. The number of halogens is 2. The van der Waals surface area contributed by atoms with E-state index in [0.717, 1.165) is 0 Å². The molecule has 1 rings (SSSR count). The van der Waals surface area contributed by atoms with E-state index in [-0.39, 0.29) is 18.2 Å². The van der Waals surface area contributed by atoms with Crippen molar-refractivity contribution < 1.29 is 18.7 Å². The van der Waals surface area contributed by atoms with E-state index in [1.807, 2.05) is 4.90 Å². The van der Waals surface area contributed by atoms with Gasteiger partial charge in [-0.1, -0.05) is 11.6 Å². The predicted octanol–water partition coefficient (Wildman–Crippen LogP) is 2.49. The van der Waals surface area contributed by atoms with Crippen LogP contribution in [-0.2, 0) is 20.8 Å². The first-order chi connectivity index (χ1) is 9.56. The zero-order valence-electron chi connectivity index (χ0n) is 11.7. The van der Waals surface area contributed by atoms with Crippen LogP contribution >= 0.6 is 11.6 Å². The van der Waals surface area contributed by atoms with Crippen molar-refractivity contribution in [2.24, 2.45) is 0 Å². The van der Waals surface area contributed by atoms with Gasteiger partial charge < -0.3 is 9.47 Å². The normalized spacial score (nSPS) is 10.8. The lowest BCUT2D eigenvalue weighted by atomic mass is 10.2. The Kier molecular flexibility index (Phi) is 7.51. The molecule has 0 aliphatic heterocycles. The molecule has 4 nitrogen and oxygen atoms in total. The Balaban J connectivity index is 2.67. The number of ether oxygens (including phenoxy) is 2. The topological polar surface area (TPSA) is 38.8 Å². The lowest BCUT2D eigenvalue weighted by molar-refractivity contribution is -0.141. The second-order valence-corrected chi connectivity index (χ2v) is 4.77. The van der Waals surface area contributed by atoms with E-state index < -0.39 is 0 Å². The summed E-state index contributed by atoms with van der Waals surface area (Å²) in [5, 5.41) is 0.487. The smallest absolute Gasteiger partial charge is 0.306 e. The van der Waals surface area contributed by atoms with Crippen molar-refractivity contribution in [3.63, 3.8) is 0 Å². The number of methoxy groups -OCH3 is 2. The maximum atomic E-state index is 13.7. The summed E-state index contributed by atoms with van der Waals surface area (Å²) < 4.78 is 23.3. The highest BCUT2D eigenvalue weighted by molar-refractivity contribution is 6.30. The van der Waals surface area contributed by atoms with Gasteiger partial charge in [0, 0.05) is 37.3 Å². The van der Waals surface area contributed by atoms with E-state index >= 15 is 0 Å². The minimum atomic E-state index is -0.310. The van der Waals surface area contributed by atoms with Crippen LogP contribution in [0.2, 0.25) is 5.02 Å². The summed E-state index contributed by atoms with van der Waals surface area (Å²) in [6.07, 6.45) is 0.252. The zero-order valence-corrected chi connectivity index (χ0v) is 12.5. The lowest BCUT2D eigenvalue weighted by Gasteiger charge is -2.21. The van der Waals surface area contributed by atoms with Crippen LogP contribution in [0, 0.1) is 5.82 Å². The highest BCUT2D eigenvalue weighted by atomic mass is 35.5. The van der Waals surface area contributed by atoms with Gasteiger partial charge in [0.05, 0.1) is 20.1 Å². The molecule has 0 aromatic heterocycles. The van der Waals surface area contributed by atoms with Crippen LogP contribution in [0.5, 0.6) is 0 Å². The molecule has 0 radical (unpaired) electrons. The van der Waals surface area contributed by atoms with E-state index in [1.165, 1.54) is 19.2 Å². The molecule has 6 heteroatoms. The van der Waals surface area contributed by atoms with Crippen LogP contribution in [-0.4, -0.2) is 44.8 Å². The Labute approximate surface area is 123 Å². The molecule has 112 valence electrons. The SMILES string of the molecule is COCCN(CCC(=O)OC)Cc1cc(Cl)ccc1F. The first-order valence-electron chi connectivity index (χ1n) is 6.29. The number of hydrogen-bond acceptors (Lipinski definition) is 4. The fourth-order valence-electron chi connectivity index (χ4n) is 1.75. The molecule has 0 spiro atoms. The van der Waals surface area contributed by atoms with Crippen LogP contribution in [0.4, 0.5) is 4.39 Å². The third kappa shape index (κ3) is 5.86. The molecule has 0 amide bonds. The number of rotatable bonds is 8. The van der Waals surface area contributed by atoms with Crippen molar-refractivity contribution in [2.75, 3.05) is 33.9 Å². The zero-order chi connectivity index (χ0) is 15.0. The molecule has 0 fully saturated rings. The van der Waals surface area contributed by atoms with Crippen molar-refractivity contribution in [3.05, 3.63) is 34.6 Å². The first-order valence-corrected chi connectivity index (χ1v) is 6.66. The maximum absolute atomic E-state index is 13.7. The van der Waals surface area contributed by atoms with Crippen LogP contribution in [0.25, 0.3) is 0 Å². The average molecular weight is 304 g/mol. The summed E-state index contributed by atoms with van der Waals surface area (Å²) in [4.78, 5) is 13.1. The van der Waals surface area contributed by atoms with Crippen molar-refractivity contribution in [2.45, 2.75) is 13.0 Å². The Morgan fingerprint density at radius 1 is 1.35 bits per heavy atom. The number of hydrogen-bond donors (Lipinski definition) is 0. The summed E-state index contributed by atoms with van der Waals surface area (Å²) in [7, 11) is 2.94. The molecule has 0 unspecified atom stereocenters. The molecule has 0 bridgehead atoms. The van der Waals surface area contributed by atoms with Crippen molar-refractivity contribution in [1.29, 1.82) is 0 Å². The van der Waals surface area contributed by atoms with E-state index in [9.17, 15) is 9.18 Å². The fourth-order valence-corrected chi connectivity index (χ4v) is 1.94. The first kappa shape index (κ1) is 16.9. The third-order valence-corrected chi connectivity index (χ3v) is 3.11. The molecule has 0 aliphatic carbocycles. The summed E-state index contributed by atoms with van der Waals surface area (Å²) in [6.45, 7) is 1.94. The molecule has 0 aliphatic rings. The molecule has 1 aromatic rings. The minimum Gasteiger partial charge on any atom is -0.469 e. The second kappa shape index (κ2) is 8.89. The van der Waals surface area contributed by atoms with E-state index in [2.05, 4.69) is 4.74 Å². The average Bonchev–Trinajstić information content (AvgIpc) is 2.45. The predicted molar refractivity (Wildman–Crippen MR) is 75.2 cm³/mol. The Hall–Kier alpha value is -1.17. The lowest BCUT2D eigenvalue weighted by Crippen LogP contribution is -2.30. The number of nitrogens with zero attached hydrogens (tertiary/aromatic N) is 1. The van der Waals surface area contributed by atoms with Crippen molar-refractivity contribution in [3.8, 4) is 0 Å². The minimum absolute atomic E-state index is 0.252. The summed E-state index contributed by atoms with van der Waals surface area (Å²) in [5.41, 5.74) is 0.499. The Bertz CT molecular complexity index is 442. The van der Waals surface area contributed by atoms with Crippen LogP contribution in [0.15, 0.2) is 18.2 Å². The monoisotopic (exact) mass is 303 g/mol. The van der Waals surface area contributed by atoms with Crippen molar-refractivity contribution in [1.82, 2.24) is 4.90 Å². The highest BCUT2D eigenvalue weighted by Gasteiger charge is 2.12. The Morgan fingerprint density at radius 3 is 2.75 bits per heavy atom. The van der Waals surface area contributed by atoms with Gasteiger partial charge in [-0.05, 0) is 18.2 Å². The van der Waals surface area contributed by atoms with E-state index in [1.54, 1.807) is 13.2 Å². The summed E-state index contributed by atoms with van der Waals surface area (Å²) >= 11 is 5.87. The van der Waals surface area contributed by atoms with E-state index in [0.29, 0.717) is 36.8 Å². The Morgan fingerprint density at radius 2 is 2.10 bits per heavy atom. The van der Waals surface area contributed by atoms with Gasteiger partial charge >= 0.3 is 5.97 Å². The molecular weight excluding hydrogens is 285 g/mol. The maximum Gasteiger partial charge on any atom is 0.306 e. The number of carbonyl (C=O) groups is 1. The molecule has 0 atom stereocenters. The van der Waals surface area contributed by atoms with Crippen LogP contribution < -0.4 is 0 Å². The van der Waals surface area contributed by atoms with Crippen LogP contribution in [0.1, 0.15) is 12.0 Å². The fraction of sp³-hybridized carbons (Fsp3) is 0.500. The van der Waals surface area contributed by atoms with Gasteiger partial charge in [0.1, 0.15) is 5.82 Å². The molecule has 0 saturated heterocycles. The second-order valence-electron chi connectivity index (χ2n) is 4.33. The van der Waals surface area contributed by atoms with Crippen molar-refractivity contribution >= 4 is 17.6 Å². The quantitative estimate of drug-likeness (QED) is 0.692. The molecule has 1 aromatic carbocycles. The van der Waals surface area contributed by atoms with Gasteiger partial charge in [-0.3, -0.25) is 9.69 Å². The summed E-state index contributed by atoms with van der Waals surface area (Å²) in [6, 6.07) is 4.44. The van der Waals surface area contributed by atoms with Crippen LogP contribution in [0.3, 0.4) is 0 Å². The molecular formula is C14H19ClFNO3. The van der Waals surface area contributed by atoms with Gasteiger partial charge in [-0.15, -0.1) is 0 Å². The van der Waals surface area contributed by atoms with Gasteiger partial charge in [0.2, 0.25) is 0 Å². The van der Waals surface area contributed by atoms with Gasteiger partial charge in [0.25, 0.3) is 0 Å². The molecule has 0 N–H and O–H groups in total. The largest absolute Gasteiger partial charge is 0.469 e. The summed E-state index contributed by atoms with van der Waals surface area (Å²) in [5.74, 6) is -0.603. The van der Waals surface area contributed by atoms with E-state index in [4.69, 9.17) is 16.3 Å². The molecule has 0 saturated carbocycles. The highest BCUT2D eigenvalue weighted by Crippen LogP contribution is 2.16. The van der Waals surface area contributed by atoms with Gasteiger partial charge in [-0.2, -0.15) is 0 Å². The number of carbonyl (C=O) groups excluding carboxylic acids is 1. The van der Waals surface area contributed by atoms with Gasteiger partial charge in [-0.25, -0.2) is 4.39 Å². The number of esters is 1. The standard InChI is InChI=1S/C14H19ClFNO3/c1-19-8-7-17(6-5-14(18)20-2)10-11-9-12(15)3-4-13(11)16/h3-4,9H,5-8,10H2,1-2H3.